The third-order valence-electron chi connectivity index (χ3n) is 14.3. The van der Waals surface area contributed by atoms with Gasteiger partial charge in [-0.1, -0.05) is 54.9 Å². The molecule has 3 saturated heterocycles. The molecule has 2 unspecified atom stereocenters. The Morgan fingerprint density at radius 3 is 2.14 bits per heavy atom. The number of esters is 1. The van der Waals surface area contributed by atoms with Crippen LogP contribution in [-0.2, 0) is 42.9 Å². The van der Waals surface area contributed by atoms with Crippen LogP contribution in [0.3, 0.4) is 0 Å². The standard InChI is InChI=1S/C45H77NO11/c1-11-14-33-20-26(2)19-27(3)21-38(54-9)41-39(55-10)24-30(6)45(52,57-41)42(49)43(50)46-18-13-12-15-34(46)44(51)56-40(31(7)28(4)23-36(33)48)29(5)22-32-16-17-35(47)37(25-32)53-8/h26-35,37-41,47,52H,11-25H2,1-10H3/t26?,27-,28-,29?,30+,31+,32-,33+,34-,35+,37+,38-,39-,40+,41+,45+/m0/s1. The first-order valence-electron chi connectivity index (χ1n) is 22.2. The van der Waals surface area contributed by atoms with Crippen molar-refractivity contribution in [2.45, 2.75) is 187 Å². The van der Waals surface area contributed by atoms with Gasteiger partial charge >= 0.3 is 5.97 Å². The first-order chi connectivity index (χ1) is 27.0. The predicted octanol–water partition coefficient (Wildman–Crippen LogP) is 6.30. The number of carbonyl (C=O) groups is 4. The van der Waals surface area contributed by atoms with Crippen molar-refractivity contribution in [3.05, 3.63) is 0 Å². The summed E-state index contributed by atoms with van der Waals surface area (Å²) in [6, 6.07) is -1.01. The Morgan fingerprint density at radius 2 is 1.49 bits per heavy atom. The first-order valence-corrected chi connectivity index (χ1v) is 22.2. The predicted molar refractivity (Wildman–Crippen MR) is 216 cm³/mol. The molecule has 328 valence electrons. The van der Waals surface area contributed by atoms with E-state index in [0.717, 1.165) is 38.5 Å². The van der Waals surface area contributed by atoms with E-state index in [1.165, 1.54) is 4.90 Å². The summed E-state index contributed by atoms with van der Waals surface area (Å²) in [7, 11) is 4.77. The van der Waals surface area contributed by atoms with Crippen LogP contribution >= 0.6 is 0 Å². The van der Waals surface area contributed by atoms with Gasteiger partial charge in [-0.2, -0.15) is 0 Å². The summed E-state index contributed by atoms with van der Waals surface area (Å²) in [4.78, 5) is 58.4. The minimum atomic E-state index is -2.45. The first kappa shape index (κ1) is 47.7. The molecule has 2 N–H and O–H groups in total. The topological polar surface area (TPSA) is 158 Å². The fourth-order valence-corrected chi connectivity index (χ4v) is 10.7. The van der Waals surface area contributed by atoms with E-state index < -0.39 is 65.9 Å². The third kappa shape index (κ3) is 11.7. The zero-order chi connectivity index (χ0) is 42.2. The minimum Gasteiger partial charge on any atom is -0.460 e. The number of aliphatic hydroxyl groups is 2. The number of methoxy groups -OCH3 is 3. The van der Waals surface area contributed by atoms with Gasteiger partial charge in [0.1, 0.15) is 24.0 Å². The molecule has 1 saturated carbocycles. The number of nitrogens with zero attached hydrogens (tertiary/aromatic N) is 1. The van der Waals surface area contributed by atoms with Crippen molar-refractivity contribution in [1.29, 1.82) is 0 Å². The van der Waals surface area contributed by atoms with Crippen LogP contribution in [0.1, 0.15) is 138 Å². The largest absolute Gasteiger partial charge is 0.460 e. The molecule has 0 aromatic heterocycles. The SMILES string of the molecule is CCC[C@@H]1CC(C)C[C@H](C)C[C@H](OC)[C@H]2O[C@@](O)(C(=O)C(=O)N3CCCC[C@H]3C(=O)O[C@H](C(C)C[C@@H]3CC[C@@H](O)[C@H](OC)C3)[C@H](C)[C@@H](C)CC1=O)[C@H](C)C[C@@H]2OC. The van der Waals surface area contributed by atoms with Crippen molar-refractivity contribution < 1.29 is 53.1 Å². The van der Waals surface area contributed by atoms with Crippen LogP contribution in [0.15, 0.2) is 0 Å². The summed E-state index contributed by atoms with van der Waals surface area (Å²) >= 11 is 0. The number of piperidine rings is 1. The Hall–Kier alpha value is -1.96. The average Bonchev–Trinajstić information content (AvgIpc) is 3.18. The number of Topliss-reactive ketones (excluding diaryl/α,β-unsaturated/α-hetero) is 2. The number of fused-ring (bicyclic) bond motifs is 3. The fraction of sp³-hybridized carbons (Fsp3) is 0.911. The molecular weight excluding hydrogens is 730 g/mol. The highest BCUT2D eigenvalue weighted by Crippen LogP contribution is 2.40. The molecule has 3 heterocycles. The molecule has 1 amide bonds. The number of aliphatic hydroxyl groups excluding tert-OH is 1. The van der Waals surface area contributed by atoms with Crippen molar-refractivity contribution in [3.8, 4) is 0 Å². The fourth-order valence-electron chi connectivity index (χ4n) is 10.7. The molecule has 0 aromatic carbocycles. The van der Waals surface area contributed by atoms with E-state index in [1.807, 2.05) is 0 Å². The molecule has 0 radical (unpaired) electrons. The molecular formula is C45H77NO11. The van der Waals surface area contributed by atoms with Gasteiger partial charge in [-0.25, -0.2) is 4.79 Å². The summed E-state index contributed by atoms with van der Waals surface area (Å²) < 4.78 is 30.3. The summed E-state index contributed by atoms with van der Waals surface area (Å²) in [5.41, 5.74) is 0. The zero-order valence-corrected chi connectivity index (χ0v) is 36.8. The summed E-state index contributed by atoms with van der Waals surface area (Å²) in [5.74, 6) is -5.42. The van der Waals surface area contributed by atoms with Crippen molar-refractivity contribution >= 4 is 23.4 Å². The summed E-state index contributed by atoms with van der Waals surface area (Å²) in [6.07, 6.45) is 5.81. The molecule has 1 aliphatic carbocycles. The lowest BCUT2D eigenvalue weighted by molar-refractivity contribution is -0.302. The van der Waals surface area contributed by atoms with Crippen LogP contribution in [0, 0.1) is 47.3 Å². The number of ketones is 2. The van der Waals surface area contributed by atoms with Crippen LogP contribution < -0.4 is 0 Å². The van der Waals surface area contributed by atoms with E-state index in [2.05, 4.69) is 41.5 Å². The van der Waals surface area contributed by atoms with Crippen LogP contribution in [0.25, 0.3) is 0 Å². The molecule has 4 rings (SSSR count). The van der Waals surface area contributed by atoms with Gasteiger partial charge in [0.05, 0.1) is 24.4 Å². The van der Waals surface area contributed by atoms with E-state index >= 15 is 0 Å². The van der Waals surface area contributed by atoms with Crippen LogP contribution in [-0.4, -0.2) is 115 Å². The van der Waals surface area contributed by atoms with Gasteiger partial charge in [0.25, 0.3) is 11.7 Å². The van der Waals surface area contributed by atoms with E-state index in [0.29, 0.717) is 44.9 Å². The summed E-state index contributed by atoms with van der Waals surface area (Å²) in [6.45, 7) is 14.5. The molecule has 3 aliphatic heterocycles. The molecule has 57 heavy (non-hydrogen) atoms. The van der Waals surface area contributed by atoms with Crippen molar-refractivity contribution in [2.24, 2.45) is 47.3 Å². The highest BCUT2D eigenvalue weighted by molar-refractivity contribution is 6.39. The molecule has 12 heteroatoms. The van der Waals surface area contributed by atoms with Gasteiger partial charge < -0.3 is 38.8 Å². The van der Waals surface area contributed by atoms with Gasteiger partial charge in [-0.05, 0) is 113 Å². The lowest BCUT2D eigenvalue weighted by Gasteiger charge is -2.47. The molecule has 0 aromatic rings. The number of ether oxygens (including phenoxy) is 5. The molecule has 16 atom stereocenters. The van der Waals surface area contributed by atoms with Crippen LogP contribution in [0.2, 0.25) is 0 Å². The van der Waals surface area contributed by atoms with Gasteiger partial charge in [0.15, 0.2) is 0 Å². The maximum atomic E-state index is 14.4. The maximum Gasteiger partial charge on any atom is 0.329 e. The third-order valence-corrected chi connectivity index (χ3v) is 14.3. The van der Waals surface area contributed by atoms with E-state index in [1.54, 1.807) is 28.3 Å². The number of carbonyl (C=O) groups excluding carboxylic acids is 4. The maximum absolute atomic E-state index is 14.4. The number of cyclic esters (lactones) is 1. The van der Waals surface area contributed by atoms with Crippen LogP contribution in [0.4, 0.5) is 0 Å². The molecule has 0 spiro atoms. The minimum absolute atomic E-state index is 0.0823. The smallest absolute Gasteiger partial charge is 0.329 e. The Morgan fingerprint density at radius 1 is 0.842 bits per heavy atom. The number of amides is 1. The molecule has 2 bridgehead atoms. The average molecular weight is 808 g/mol. The van der Waals surface area contributed by atoms with Gasteiger partial charge in [-0.3, -0.25) is 14.4 Å². The molecule has 4 aliphatic rings. The second-order valence-electron chi connectivity index (χ2n) is 18.8. The number of hydrogen-bond acceptors (Lipinski definition) is 11. The molecule has 12 nitrogen and oxygen atoms in total. The Bertz CT molecular complexity index is 1330. The van der Waals surface area contributed by atoms with Crippen molar-refractivity contribution in [3.63, 3.8) is 0 Å². The lowest BCUT2D eigenvalue weighted by atomic mass is 9.74. The Balaban J connectivity index is 1.72. The Labute approximate surface area is 342 Å². The van der Waals surface area contributed by atoms with Crippen molar-refractivity contribution in [2.75, 3.05) is 27.9 Å². The highest BCUT2D eigenvalue weighted by atomic mass is 16.7. The highest BCUT2D eigenvalue weighted by Gasteiger charge is 2.56. The monoisotopic (exact) mass is 808 g/mol. The second-order valence-corrected chi connectivity index (χ2v) is 18.8. The normalized spacial score (nSPS) is 41.8. The quantitative estimate of drug-likeness (QED) is 0.210. The second kappa shape index (κ2) is 21.5. The number of hydrogen-bond donors (Lipinski definition) is 2. The van der Waals surface area contributed by atoms with Gasteiger partial charge in [-0.15, -0.1) is 0 Å². The van der Waals surface area contributed by atoms with E-state index in [9.17, 15) is 29.4 Å². The van der Waals surface area contributed by atoms with E-state index in [4.69, 9.17) is 23.7 Å². The molecule has 4 fully saturated rings. The van der Waals surface area contributed by atoms with Gasteiger partial charge in [0, 0.05) is 46.1 Å². The van der Waals surface area contributed by atoms with Gasteiger partial charge in [0.2, 0.25) is 5.79 Å². The zero-order valence-electron chi connectivity index (χ0n) is 36.8. The lowest BCUT2D eigenvalue weighted by Crippen LogP contribution is -2.64. The van der Waals surface area contributed by atoms with Crippen molar-refractivity contribution in [1.82, 2.24) is 4.90 Å². The van der Waals surface area contributed by atoms with E-state index in [-0.39, 0.29) is 66.3 Å². The van der Waals surface area contributed by atoms with Crippen LogP contribution in [0.5, 0.6) is 0 Å². The summed E-state index contributed by atoms with van der Waals surface area (Å²) in [5, 5.41) is 22.6. The Kier molecular flexibility index (Phi) is 18.0. The number of rotatable bonds is 8.